The highest BCUT2D eigenvalue weighted by molar-refractivity contribution is 9.10. The Morgan fingerprint density at radius 1 is 1.00 bits per heavy atom. The van der Waals surface area contributed by atoms with Gasteiger partial charge in [0.1, 0.15) is 5.75 Å². The molecule has 0 aromatic heterocycles. The van der Waals surface area contributed by atoms with Crippen LogP contribution in [0.15, 0.2) is 40.9 Å². The molecule has 0 aliphatic heterocycles. The van der Waals surface area contributed by atoms with Crippen LogP contribution in [0.5, 0.6) is 5.75 Å². The highest BCUT2D eigenvalue weighted by atomic mass is 79.9. The second kappa shape index (κ2) is 6.24. The molecule has 0 atom stereocenters. The Morgan fingerprint density at radius 2 is 1.67 bits per heavy atom. The van der Waals surface area contributed by atoms with Crippen molar-refractivity contribution in [3.05, 3.63) is 40.9 Å². The third kappa shape index (κ3) is 3.26. The van der Waals surface area contributed by atoms with E-state index in [1.807, 2.05) is 0 Å². The van der Waals surface area contributed by atoms with Gasteiger partial charge in [-0.3, -0.25) is 0 Å². The van der Waals surface area contributed by atoms with Crippen LogP contribution in [0.2, 0.25) is 0 Å². The average molecular weight is 307 g/mol. The lowest BCUT2D eigenvalue weighted by atomic mass is 10.1. The molecule has 0 saturated heterocycles. The van der Waals surface area contributed by atoms with Crippen molar-refractivity contribution in [3.8, 4) is 5.75 Å². The van der Waals surface area contributed by atoms with Crippen molar-refractivity contribution in [1.82, 2.24) is 0 Å². The average Bonchev–Trinajstić information content (AvgIpc) is 2.40. The van der Waals surface area contributed by atoms with Crippen molar-refractivity contribution in [2.24, 2.45) is 5.92 Å². The molecule has 0 saturated carbocycles. The largest absolute Gasteiger partial charge is 0.493 e. The van der Waals surface area contributed by atoms with Crippen LogP contribution in [0.1, 0.15) is 26.7 Å². The van der Waals surface area contributed by atoms with Crippen LogP contribution in [0.3, 0.4) is 0 Å². The molecular formula is C16H19BrO. The maximum Gasteiger partial charge on any atom is 0.119 e. The molecule has 1 nitrogen and oxygen atoms in total. The fourth-order valence-electron chi connectivity index (χ4n) is 2.02. The Labute approximate surface area is 117 Å². The Balaban J connectivity index is 2.12. The van der Waals surface area contributed by atoms with E-state index in [9.17, 15) is 0 Å². The summed E-state index contributed by atoms with van der Waals surface area (Å²) in [6.45, 7) is 5.25. The molecule has 0 heterocycles. The summed E-state index contributed by atoms with van der Waals surface area (Å²) in [4.78, 5) is 0. The second-order valence-electron chi connectivity index (χ2n) is 4.65. The highest BCUT2D eigenvalue weighted by Gasteiger charge is 2.05. The van der Waals surface area contributed by atoms with E-state index < -0.39 is 0 Å². The second-order valence-corrected chi connectivity index (χ2v) is 5.56. The molecule has 2 aromatic carbocycles. The number of halogens is 1. The zero-order valence-electron chi connectivity index (χ0n) is 10.9. The van der Waals surface area contributed by atoms with E-state index in [2.05, 4.69) is 66.2 Å². The number of hydrogen-bond acceptors (Lipinski definition) is 1. The number of fused-ring (bicyclic) bond motifs is 1. The SMILES string of the molecule is CCC(CC)COc1ccc2cc(Br)ccc2c1. The molecule has 0 N–H and O–H groups in total. The standard InChI is InChI=1S/C16H19BrO/c1-3-12(4-2)11-18-16-8-6-13-9-15(17)7-5-14(13)10-16/h5-10,12H,3-4,11H2,1-2H3. The number of ether oxygens (including phenoxy) is 1. The zero-order chi connectivity index (χ0) is 13.0. The minimum atomic E-state index is 0.658. The molecule has 0 fully saturated rings. The van der Waals surface area contributed by atoms with Gasteiger partial charge < -0.3 is 4.74 Å². The summed E-state index contributed by atoms with van der Waals surface area (Å²) < 4.78 is 6.99. The Hall–Kier alpha value is -1.02. The number of rotatable bonds is 5. The van der Waals surface area contributed by atoms with Crippen molar-refractivity contribution in [2.75, 3.05) is 6.61 Å². The van der Waals surface area contributed by atoms with Gasteiger partial charge in [-0.1, -0.05) is 54.8 Å². The van der Waals surface area contributed by atoms with E-state index in [1.54, 1.807) is 0 Å². The highest BCUT2D eigenvalue weighted by Crippen LogP contribution is 2.24. The van der Waals surface area contributed by atoms with Crippen LogP contribution in [0.4, 0.5) is 0 Å². The predicted molar refractivity (Wildman–Crippen MR) is 81.2 cm³/mol. The molecule has 0 amide bonds. The van der Waals surface area contributed by atoms with E-state index in [-0.39, 0.29) is 0 Å². The van der Waals surface area contributed by atoms with E-state index in [0.717, 1.165) is 16.8 Å². The van der Waals surface area contributed by atoms with Crippen molar-refractivity contribution in [1.29, 1.82) is 0 Å². The normalized spacial score (nSPS) is 11.1. The van der Waals surface area contributed by atoms with Gasteiger partial charge in [-0.25, -0.2) is 0 Å². The molecule has 0 bridgehead atoms. The first-order valence-corrected chi connectivity index (χ1v) is 7.34. The molecule has 96 valence electrons. The van der Waals surface area contributed by atoms with E-state index >= 15 is 0 Å². The molecule has 0 unspecified atom stereocenters. The summed E-state index contributed by atoms with van der Waals surface area (Å²) >= 11 is 3.49. The first kappa shape index (κ1) is 13.4. The fraction of sp³-hybridized carbons (Fsp3) is 0.375. The Kier molecular flexibility index (Phi) is 4.65. The van der Waals surface area contributed by atoms with Crippen LogP contribution < -0.4 is 4.74 Å². The van der Waals surface area contributed by atoms with Gasteiger partial charge >= 0.3 is 0 Å². The number of hydrogen-bond donors (Lipinski definition) is 0. The molecule has 18 heavy (non-hydrogen) atoms. The van der Waals surface area contributed by atoms with Crippen LogP contribution >= 0.6 is 15.9 Å². The van der Waals surface area contributed by atoms with Crippen molar-refractivity contribution in [2.45, 2.75) is 26.7 Å². The minimum Gasteiger partial charge on any atom is -0.493 e. The first-order chi connectivity index (χ1) is 8.72. The quantitative estimate of drug-likeness (QED) is 0.717. The van der Waals surface area contributed by atoms with Gasteiger partial charge in [0.25, 0.3) is 0 Å². The van der Waals surface area contributed by atoms with E-state index in [1.165, 1.54) is 23.6 Å². The van der Waals surface area contributed by atoms with Gasteiger partial charge in [-0.2, -0.15) is 0 Å². The summed E-state index contributed by atoms with van der Waals surface area (Å²) in [7, 11) is 0. The predicted octanol–water partition coefficient (Wildman–Crippen LogP) is 5.42. The van der Waals surface area contributed by atoms with Crippen LogP contribution in [0, 0.1) is 5.92 Å². The number of benzene rings is 2. The first-order valence-electron chi connectivity index (χ1n) is 6.55. The molecule has 0 radical (unpaired) electrons. The van der Waals surface area contributed by atoms with Gasteiger partial charge in [-0.15, -0.1) is 0 Å². The zero-order valence-corrected chi connectivity index (χ0v) is 12.5. The lowest BCUT2D eigenvalue weighted by Crippen LogP contribution is -2.09. The molecular weight excluding hydrogens is 288 g/mol. The van der Waals surface area contributed by atoms with Gasteiger partial charge in [0.15, 0.2) is 0 Å². The van der Waals surface area contributed by atoms with Gasteiger partial charge in [-0.05, 0) is 41.0 Å². The molecule has 2 rings (SSSR count). The van der Waals surface area contributed by atoms with Crippen molar-refractivity contribution in [3.63, 3.8) is 0 Å². The smallest absolute Gasteiger partial charge is 0.119 e. The minimum absolute atomic E-state index is 0.658. The van der Waals surface area contributed by atoms with Crippen LogP contribution in [-0.4, -0.2) is 6.61 Å². The lowest BCUT2D eigenvalue weighted by molar-refractivity contribution is 0.241. The molecule has 0 spiro atoms. The van der Waals surface area contributed by atoms with Gasteiger partial charge in [0.2, 0.25) is 0 Å². The molecule has 2 aromatic rings. The van der Waals surface area contributed by atoms with Crippen LogP contribution in [-0.2, 0) is 0 Å². The Morgan fingerprint density at radius 3 is 2.39 bits per heavy atom. The topological polar surface area (TPSA) is 9.23 Å². The van der Waals surface area contributed by atoms with Crippen molar-refractivity contribution < 1.29 is 4.74 Å². The maximum atomic E-state index is 5.88. The summed E-state index contributed by atoms with van der Waals surface area (Å²) in [5.41, 5.74) is 0. The molecule has 0 aliphatic rings. The van der Waals surface area contributed by atoms with E-state index in [4.69, 9.17) is 4.74 Å². The lowest BCUT2D eigenvalue weighted by Gasteiger charge is -2.14. The third-order valence-electron chi connectivity index (χ3n) is 3.41. The molecule has 0 aliphatic carbocycles. The van der Waals surface area contributed by atoms with Crippen molar-refractivity contribution >= 4 is 26.7 Å². The third-order valence-corrected chi connectivity index (χ3v) is 3.91. The van der Waals surface area contributed by atoms with Gasteiger partial charge in [0.05, 0.1) is 6.61 Å². The summed E-state index contributed by atoms with van der Waals surface area (Å²) in [5.74, 6) is 1.63. The van der Waals surface area contributed by atoms with Gasteiger partial charge in [0, 0.05) is 4.47 Å². The summed E-state index contributed by atoms with van der Waals surface area (Å²) in [5, 5.41) is 2.46. The Bertz CT molecular complexity index is 517. The molecule has 2 heteroatoms. The van der Waals surface area contributed by atoms with Crippen LogP contribution in [0.25, 0.3) is 10.8 Å². The fourth-order valence-corrected chi connectivity index (χ4v) is 2.40. The summed E-state index contributed by atoms with van der Waals surface area (Å²) in [6.07, 6.45) is 2.36. The monoisotopic (exact) mass is 306 g/mol. The van der Waals surface area contributed by atoms with E-state index in [0.29, 0.717) is 5.92 Å². The summed E-state index contributed by atoms with van der Waals surface area (Å²) in [6, 6.07) is 12.6. The maximum absolute atomic E-state index is 5.88.